The van der Waals surface area contributed by atoms with Gasteiger partial charge in [0, 0.05) is 4.47 Å². The number of methoxy groups -OCH3 is 1. The second kappa shape index (κ2) is 6.41. The Balaban J connectivity index is 1.83. The number of alkyl halides is 1. The Morgan fingerprint density at radius 1 is 1.24 bits per heavy atom. The van der Waals surface area contributed by atoms with Crippen LogP contribution in [0.4, 0.5) is 0 Å². The quantitative estimate of drug-likeness (QED) is 0.649. The minimum absolute atomic E-state index is 0.0908. The smallest absolute Gasteiger partial charge is 0.119 e. The highest BCUT2D eigenvalue weighted by molar-refractivity contribution is 9.10. The molecule has 0 spiro atoms. The van der Waals surface area contributed by atoms with Crippen LogP contribution in [0.5, 0.6) is 5.75 Å². The highest BCUT2D eigenvalue weighted by atomic mass is 79.9. The number of hydrogen-bond donors (Lipinski definition) is 0. The summed E-state index contributed by atoms with van der Waals surface area (Å²) in [5.74, 6) is 1.36. The maximum Gasteiger partial charge on any atom is 0.119 e. The molecule has 0 aromatic heterocycles. The van der Waals surface area contributed by atoms with Crippen LogP contribution in [0.2, 0.25) is 0 Å². The van der Waals surface area contributed by atoms with Gasteiger partial charge in [0.15, 0.2) is 0 Å². The van der Waals surface area contributed by atoms with Crippen LogP contribution in [0.1, 0.15) is 28.5 Å². The van der Waals surface area contributed by atoms with E-state index in [1.165, 1.54) is 16.7 Å². The Kier molecular flexibility index (Phi) is 4.56. The van der Waals surface area contributed by atoms with E-state index >= 15 is 0 Å². The van der Waals surface area contributed by atoms with Gasteiger partial charge in [0.1, 0.15) is 5.75 Å². The van der Waals surface area contributed by atoms with Gasteiger partial charge in [0.25, 0.3) is 0 Å². The highest BCUT2D eigenvalue weighted by Crippen LogP contribution is 2.41. The molecule has 0 N–H and O–H groups in total. The normalized spacial score (nSPS) is 20.9. The van der Waals surface area contributed by atoms with Crippen molar-refractivity contribution >= 4 is 27.5 Å². The number of aryl methyl sites for hydroxylation is 1. The summed E-state index contributed by atoms with van der Waals surface area (Å²) in [6.45, 7) is 0. The summed E-state index contributed by atoms with van der Waals surface area (Å²) in [7, 11) is 1.70. The van der Waals surface area contributed by atoms with E-state index in [0.717, 1.165) is 29.5 Å². The number of hydrogen-bond acceptors (Lipinski definition) is 1. The molecular weight excluding hydrogens is 348 g/mol. The third kappa shape index (κ3) is 3.12. The van der Waals surface area contributed by atoms with Crippen molar-refractivity contribution in [3.8, 4) is 5.75 Å². The van der Waals surface area contributed by atoms with Crippen LogP contribution >= 0.6 is 27.5 Å². The SMILES string of the molecule is COc1ccc(Br)c(CC2CCc3ccccc3C2Cl)c1. The Hall–Kier alpha value is -0.990. The van der Waals surface area contributed by atoms with E-state index in [0.29, 0.717) is 5.92 Å². The molecule has 3 rings (SSSR count). The zero-order valence-corrected chi connectivity index (χ0v) is 14.3. The van der Waals surface area contributed by atoms with Crippen LogP contribution < -0.4 is 4.74 Å². The van der Waals surface area contributed by atoms with Gasteiger partial charge in [-0.1, -0.05) is 40.2 Å². The molecule has 0 saturated carbocycles. The lowest BCUT2D eigenvalue weighted by atomic mass is 9.80. The second-order valence-electron chi connectivity index (χ2n) is 5.56. The first-order valence-corrected chi connectivity index (χ1v) is 8.46. The van der Waals surface area contributed by atoms with Gasteiger partial charge >= 0.3 is 0 Å². The standard InChI is InChI=1S/C18H18BrClO/c1-21-15-8-9-17(19)14(11-15)10-13-7-6-12-4-2-3-5-16(12)18(13)20/h2-5,8-9,11,13,18H,6-7,10H2,1H3. The zero-order chi connectivity index (χ0) is 14.8. The maximum absolute atomic E-state index is 6.74. The van der Waals surface area contributed by atoms with Crippen LogP contribution in [0.15, 0.2) is 46.9 Å². The molecule has 0 radical (unpaired) electrons. The summed E-state index contributed by atoms with van der Waals surface area (Å²) in [4.78, 5) is 0. The monoisotopic (exact) mass is 364 g/mol. The van der Waals surface area contributed by atoms with Crippen molar-refractivity contribution in [2.45, 2.75) is 24.6 Å². The molecule has 0 saturated heterocycles. The van der Waals surface area contributed by atoms with Gasteiger partial charge in [-0.25, -0.2) is 0 Å². The van der Waals surface area contributed by atoms with Gasteiger partial charge in [-0.3, -0.25) is 0 Å². The molecule has 1 aliphatic carbocycles. The molecule has 0 aliphatic heterocycles. The molecule has 21 heavy (non-hydrogen) atoms. The fraction of sp³-hybridized carbons (Fsp3) is 0.333. The van der Waals surface area contributed by atoms with E-state index in [4.69, 9.17) is 16.3 Å². The lowest BCUT2D eigenvalue weighted by Crippen LogP contribution is -2.19. The molecule has 2 aromatic rings. The molecule has 0 heterocycles. The average molecular weight is 366 g/mol. The lowest BCUT2D eigenvalue weighted by molar-refractivity contribution is 0.411. The van der Waals surface area contributed by atoms with Crippen molar-refractivity contribution in [2.75, 3.05) is 7.11 Å². The topological polar surface area (TPSA) is 9.23 Å². The Labute approximate surface area is 139 Å². The third-order valence-electron chi connectivity index (χ3n) is 4.29. The number of benzene rings is 2. The molecule has 110 valence electrons. The number of fused-ring (bicyclic) bond motifs is 1. The average Bonchev–Trinajstić information content (AvgIpc) is 2.52. The van der Waals surface area contributed by atoms with Gasteiger partial charge in [-0.15, -0.1) is 11.6 Å². The molecule has 0 amide bonds. The first-order valence-electron chi connectivity index (χ1n) is 7.23. The molecule has 0 bridgehead atoms. The van der Waals surface area contributed by atoms with Gasteiger partial charge in [0.05, 0.1) is 12.5 Å². The number of ether oxygens (including phenoxy) is 1. The van der Waals surface area contributed by atoms with Crippen molar-refractivity contribution in [2.24, 2.45) is 5.92 Å². The van der Waals surface area contributed by atoms with Crippen molar-refractivity contribution in [1.29, 1.82) is 0 Å². The molecule has 1 aliphatic rings. The van der Waals surface area contributed by atoms with E-state index in [1.807, 2.05) is 12.1 Å². The summed E-state index contributed by atoms with van der Waals surface area (Å²) in [5, 5.41) is 0.0908. The minimum Gasteiger partial charge on any atom is -0.497 e. The lowest BCUT2D eigenvalue weighted by Gasteiger charge is -2.30. The van der Waals surface area contributed by atoms with Crippen LogP contribution in [-0.2, 0) is 12.8 Å². The van der Waals surface area contributed by atoms with Crippen LogP contribution in [0.3, 0.4) is 0 Å². The van der Waals surface area contributed by atoms with E-state index in [1.54, 1.807) is 7.11 Å². The largest absolute Gasteiger partial charge is 0.497 e. The maximum atomic E-state index is 6.74. The van der Waals surface area contributed by atoms with Gasteiger partial charge < -0.3 is 4.74 Å². The van der Waals surface area contributed by atoms with E-state index in [9.17, 15) is 0 Å². The van der Waals surface area contributed by atoms with E-state index < -0.39 is 0 Å². The number of rotatable bonds is 3. The van der Waals surface area contributed by atoms with Crippen molar-refractivity contribution in [3.63, 3.8) is 0 Å². The van der Waals surface area contributed by atoms with E-state index in [-0.39, 0.29) is 5.38 Å². The predicted molar refractivity (Wildman–Crippen MR) is 91.2 cm³/mol. The zero-order valence-electron chi connectivity index (χ0n) is 12.0. The fourth-order valence-electron chi connectivity index (χ4n) is 3.09. The molecule has 0 fully saturated rings. The van der Waals surface area contributed by atoms with E-state index in [2.05, 4.69) is 46.3 Å². The summed E-state index contributed by atoms with van der Waals surface area (Å²) in [5.41, 5.74) is 3.97. The third-order valence-corrected chi connectivity index (χ3v) is 5.65. The molecule has 2 unspecified atom stereocenters. The first-order chi connectivity index (χ1) is 10.2. The number of halogens is 2. The van der Waals surface area contributed by atoms with Crippen LogP contribution in [-0.4, -0.2) is 7.11 Å². The van der Waals surface area contributed by atoms with Gasteiger partial charge in [0.2, 0.25) is 0 Å². The molecule has 2 aromatic carbocycles. The van der Waals surface area contributed by atoms with Crippen LogP contribution in [0.25, 0.3) is 0 Å². The van der Waals surface area contributed by atoms with Gasteiger partial charge in [-0.05, 0) is 60.1 Å². The summed E-state index contributed by atoms with van der Waals surface area (Å²) in [6, 6.07) is 14.7. The summed E-state index contributed by atoms with van der Waals surface area (Å²) >= 11 is 10.4. The highest BCUT2D eigenvalue weighted by Gasteiger charge is 2.28. The molecular formula is C18H18BrClO. The Bertz CT molecular complexity index is 641. The Morgan fingerprint density at radius 2 is 2.05 bits per heavy atom. The minimum atomic E-state index is 0.0908. The predicted octanol–water partition coefficient (Wildman–Crippen LogP) is 5.54. The molecule has 3 heteroatoms. The van der Waals surface area contributed by atoms with Crippen LogP contribution in [0, 0.1) is 5.92 Å². The summed E-state index contributed by atoms with van der Waals surface area (Å²) in [6.07, 6.45) is 3.22. The van der Waals surface area contributed by atoms with Crippen molar-refractivity contribution in [1.82, 2.24) is 0 Å². The van der Waals surface area contributed by atoms with Crippen molar-refractivity contribution in [3.05, 3.63) is 63.6 Å². The summed E-state index contributed by atoms with van der Waals surface area (Å²) < 4.78 is 6.46. The molecule has 1 nitrogen and oxygen atoms in total. The Morgan fingerprint density at radius 3 is 2.86 bits per heavy atom. The first kappa shape index (κ1) is 14.9. The van der Waals surface area contributed by atoms with Crippen molar-refractivity contribution < 1.29 is 4.74 Å². The fourth-order valence-corrected chi connectivity index (χ4v) is 3.93. The van der Waals surface area contributed by atoms with Gasteiger partial charge in [-0.2, -0.15) is 0 Å². The second-order valence-corrected chi connectivity index (χ2v) is 6.89. The molecule has 2 atom stereocenters.